The van der Waals surface area contributed by atoms with E-state index >= 15 is 0 Å². The Morgan fingerprint density at radius 3 is 2.30 bits per heavy atom. The minimum Gasteiger partial charge on any atom is -0.366 e. The van der Waals surface area contributed by atoms with Crippen molar-refractivity contribution in [3.63, 3.8) is 0 Å². The van der Waals surface area contributed by atoms with Gasteiger partial charge in [0, 0.05) is 30.1 Å². The summed E-state index contributed by atoms with van der Waals surface area (Å²) in [6.07, 6.45) is 1.60. The molecule has 0 saturated carbocycles. The highest BCUT2D eigenvalue weighted by atomic mass is 16.5. The van der Waals surface area contributed by atoms with Gasteiger partial charge in [-0.15, -0.1) is 0 Å². The molecule has 1 aliphatic rings. The van der Waals surface area contributed by atoms with E-state index in [1.54, 1.807) is 36.1 Å². The molecule has 7 nitrogen and oxygen atoms in total. The fraction of sp³-hybridized carbons (Fsp3) is 0.375. The Hall–Kier alpha value is -2.70. The molecule has 0 radical (unpaired) electrons. The number of likely N-dealkylation sites (tertiary alicyclic amines) is 1. The van der Waals surface area contributed by atoms with Crippen LogP contribution in [0.3, 0.4) is 0 Å². The second kappa shape index (κ2) is 6.20. The third kappa shape index (κ3) is 3.23. The third-order valence-electron chi connectivity index (χ3n) is 4.09. The molecule has 0 aliphatic carbocycles. The fourth-order valence-corrected chi connectivity index (χ4v) is 2.77. The number of nitrogens with zero attached hydrogens (tertiary/aromatic N) is 3. The van der Waals surface area contributed by atoms with E-state index < -0.39 is 5.91 Å². The standard InChI is InChI=1S/C16H18N4O3/c1-10-18-15(23-19-10)12-6-8-20(9-7-12)16(22)13-4-2-11(3-5-13)14(17)21/h2-5,12H,6-9H2,1H3,(H2,17,21). The van der Waals surface area contributed by atoms with Gasteiger partial charge in [0.1, 0.15) is 0 Å². The molecular formula is C16H18N4O3. The smallest absolute Gasteiger partial charge is 0.253 e. The second-order valence-corrected chi connectivity index (χ2v) is 5.69. The Kier molecular flexibility index (Phi) is 4.10. The highest BCUT2D eigenvalue weighted by Crippen LogP contribution is 2.27. The average molecular weight is 314 g/mol. The number of primary amides is 1. The molecule has 23 heavy (non-hydrogen) atoms. The molecule has 0 spiro atoms. The van der Waals surface area contributed by atoms with Crippen LogP contribution in [0.2, 0.25) is 0 Å². The Bertz CT molecular complexity index is 715. The number of hydrogen-bond donors (Lipinski definition) is 1. The fourth-order valence-electron chi connectivity index (χ4n) is 2.77. The number of nitrogens with two attached hydrogens (primary N) is 1. The molecule has 120 valence electrons. The Labute approximate surface area is 133 Å². The van der Waals surface area contributed by atoms with Crippen molar-refractivity contribution >= 4 is 11.8 Å². The number of aryl methyl sites for hydroxylation is 1. The van der Waals surface area contributed by atoms with Gasteiger partial charge in [0.25, 0.3) is 5.91 Å². The zero-order chi connectivity index (χ0) is 16.4. The van der Waals surface area contributed by atoms with Crippen molar-refractivity contribution in [3.8, 4) is 0 Å². The summed E-state index contributed by atoms with van der Waals surface area (Å²) in [5, 5.41) is 3.81. The predicted octanol–water partition coefficient (Wildman–Crippen LogP) is 1.50. The van der Waals surface area contributed by atoms with Crippen LogP contribution in [0.1, 0.15) is 51.2 Å². The Morgan fingerprint density at radius 2 is 1.78 bits per heavy atom. The summed E-state index contributed by atoms with van der Waals surface area (Å²) < 4.78 is 5.21. The number of aromatic nitrogens is 2. The number of piperidine rings is 1. The van der Waals surface area contributed by atoms with E-state index in [-0.39, 0.29) is 11.8 Å². The molecule has 1 fully saturated rings. The second-order valence-electron chi connectivity index (χ2n) is 5.69. The van der Waals surface area contributed by atoms with E-state index in [1.165, 1.54) is 0 Å². The molecule has 1 aromatic carbocycles. The Morgan fingerprint density at radius 1 is 1.17 bits per heavy atom. The van der Waals surface area contributed by atoms with Crippen LogP contribution in [0.4, 0.5) is 0 Å². The van der Waals surface area contributed by atoms with Crippen molar-refractivity contribution in [3.05, 3.63) is 47.1 Å². The van der Waals surface area contributed by atoms with Crippen molar-refractivity contribution in [1.82, 2.24) is 15.0 Å². The first kappa shape index (κ1) is 15.2. The van der Waals surface area contributed by atoms with E-state index in [0.29, 0.717) is 35.9 Å². The quantitative estimate of drug-likeness (QED) is 0.924. The highest BCUT2D eigenvalue weighted by Gasteiger charge is 2.27. The zero-order valence-corrected chi connectivity index (χ0v) is 12.9. The van der Waals surface area contributed by atoms with Crippen LogP contribution in [0.5, 0.6) is 0 Å². The van der Waals surface area contributed by atoms with Gasteiger partial charge in [-0.2, -0.15) is 4.98 Å². The first-order valence-electron chi connectivity index (χ1n) is 7.54. The minimum atomic E-state index is -0.500. The maximum absolute atomic E-state index is 12.5. The van der Waals surface area contributed by atoms with Crippen LogP contribution in [-0.4, -0.2) is 39.9 Å². The van der Waals surface area contributed by atoms with Crippen molar-refractivity contribution < 1.29 is 14.1 Å². The molecule has 0 bridgehead atoms. The number of carbonyl (C=O) groups is 2. The first-order chi connectivity index (χ1) is 11.0. The van der Waals surface area contributed by atoms with Gasteiger partial charge in [-0.1, -0.05) is 5.16 Å². The molecule has 2 amide bonds. The van der Waals surface area contributed by atoms with Gasteiger partial charge in [0.05, 0.1) is 0 Å². The van der Waals surface area contributed by atoms with Gasteiger partial charge in [-0.05, 0) is 44.0 Å². The van der Waals surface area contributed by atoms with Gasteiger partial charge in [0.2, 0.25) is 11.8 Å². The summed E-state index contributed by atoms with van der Waals surface area (Å²) in [5.74, 6) is 0.951. The van der Waals surface area contributed by atoms with E-state index in [0.717, 1.165) is 12.8 Å². The largest absolute Gasteiger partial charge is 0.366 e. The molecule has 2 N–H and O–H groups in total. The first-order valence-corrected chi connectivity index (χ1v) is 7.54. The predicted molar refractivity (Wildman–Crippen MR) is 81.9 cm³/mol. The van der Waals surface area contributed by atoms with Crippen LogP contribution in [0.15, 0.2) is 28.8 Å². The maximum Gasteiger partial charge on any atom is 0.253 e. The van der Waals surface area contributed by atoms with Crippen molar-refractivity contribution in [2.75, 3.05) is 13.1 Å². The average Bonchev–Trinajstić information content (AvgIpc) is 3.01. The van der Waals surface area contributed by atoms with Gasteiger partial charge in [0.15, 0.2) is 5.82 Å². The highest BCUT2D eigenvalue weighted by molar-refractivity contribution is 5.97. The number of benzene rings is 1. The maximum atomic E-state index is 12.5. The van der Waals surface area contributed by atoms with E-state index in [9.17, 15) is 9.59 Å². The van der Waals surface area contributed by atoms with Crippen molar-refractivity contribution in [2.24, 2.45) is 5.73 Å². The molecule has 1 aliphatic heterocycles. The van der Waals surface area contributed by atoms with Crippen LogP contribution in [0, 0.1) is 6.92 Å². The van der Waals surface area contributed by atoms with E-state index in [4.69, 9.17) is 10.3 Å². The summed E-state index contributed by atoms with van der Waals surface area (Å²) >= 11 is 0. The lowest BCUT2D eigenvalue weighted by molar-refractivity contribution is 0.0704. The van der Waals surface area contributed by atoms with Crippen LogP contribution < -0.4 is 5.73 Å². The molecule has 2 aromatic rings. The zero-order valence-electron chi connectivity index (χ0n) is 12.9. The third-order valence-corrected chi connectivity index (χ3v) is 4.09. The summed E-state index contributed by atoms with van der Waals surface area (Å²) in [6.45, 7) is 3.08. The molecule has 7 heteroatoms. The molecular weight excluding hydrogens is 296 g/mol. The van der Waals surface area contributed by atoms with Gasteiger partial charge in [-0.25, -0.2) is 0 Å². The summed E-state index contributed by atoms with van der Waals surface area (Å²) in [5.41, 5.74) is 6.15. The topological polar surface area (TPSA) is 102 Å². The normalized spacial score (nSPS) is 15.6. The Balaban J connectivity index is 1.62. The number of amides is 2. The number of carbonyl (C=O) groups excluding carboxylic acids is 2. The van der Waals surface area contributed by atoms with E-state index in [2.05, 4.69) is 10.1 Å². The van der Waals surface area contributed by atoms with Crippen molar-refractivity contribution in [2.45, 2.75) is 25.7 Å². The minimum absolute atomic E-state index is 0.0406. The molecule has 0 atom stereocenters. The number of rotatable bonds is 3. The summed E-state index contributed by atoms with van der Waals surface area (Å²) in [6, 6.07) is 6.42. The molecule has 2 heterocycles. The van der Waals surface area contributed by atoms with Crippen molar-refractivity contribution in [1.29, 1.82) is 0 Å². The molecule has 3 rings (SSSR count). The summed E-state index contributed by atoms with van der Waals surface area (Å²) in [4.78, 5) is 29.6. The lowest BCUT2D eigenvalue weighted by atomic mass is 9.96. The lowest BCUT2D eigenvalue weighted by Gasteiger charge is -2.30. The van der Waals surface area contributed by atoms with Crippen LogP contribution >= 0.6 is 0 Å². The monoisotopic (exact) mass is 314 g/mol. The number of hydrogen-bond acceptors (Lipinski definition) is 5. The summed E-state index contributed by atoms with van der Waals surface area (Å²) in [7, 11) is 0. The van der Waals surface area contributed by atoms with Gasteiger partial charge < -0.3 is 15.2 Å². The molecule has 1 aromatic heterocycles. The SMILES string of the molecule is Cc1noc(C2CCN(C(=O)c3ccc(C(N)=O)cc3)CC2)n1. The lowest BCUT2D eigenvalue weighted by Crippen LogP contribution is -2.38. The van der Waals surface area contributed by atoms with Crippen LogP contribution in [0.25, 0.3) is 0 Å². The molecule has 1 saturated heterocycles. The van der Waals surface area contributed by atoms with Gasteiger partial charge >= 0.3 is 0 Å². The van der Waals surface area contributed by atoms with Crippen LogP contribution in [-0.2, 0) is 0 Å². The molecule has 0 unspecified atom stereocenters. The van der Waals surface area contributed by atoms with Gasteiger partial charge in [-0.3, -0.25) is 9.59 Å². The van der Waals surface area contributed by atoms with E-state index in [1.807, 2.05) is 0 Å².